The summed E-state index contributed by atoms with van der Waals surface area (Å²) in [6, 6.07) is -0.451. The van der Waals surface area contributed by atoms with Gasteiger partial charge in [-0.25, -0.2) is 4.98 Å². The molecule has 5 nitrogen and oxygen atoms in total. The van der Waals surface area contributed by atoms with Crippen molar-refractivity contribution in [1.82, 2.24) is 9.88 Å². The normalized spacial score (nSPS) is 21.2. The first-order valence-electron chi connectivity index (χ1n) is 4.57. The number of nitrogens with zero attached hydrogens (tertiary/aromatic N) is 2. The zero-order valence-corrected chi connectivity index (χ0v) is 9.30. The van der Waals surface area contributed by atoms with Crippen molar-refractivity contribution < 1.29 is 9.59 Å². The molecule has 0 spiro atoms. The minimum absolute atomic E-state index is 0.147. The van der Waals surface area contributed by atoms with Gasteiger partial charge in [-0.15, -0.1) is 11.3 Å². The summed E-state index contributed by atoms with van der Waals surface area (Å²) >= 11 is 1.47. The number of likely N-dealkylation sites (tertiary alicyclic amines) is 1. The van der Waals surface area contributed by atoms with E-state index in [4.69, 9.17) is 0 Å². The van der Waals surface area contributed by atoms with Crippen LogP contribution in [0, 0.1) is 6.92 Å². The molecule has 2 amide bonds. The molecule has 1 aliphatic heterocycles. The number of nitrogens with one attached hydrogen (secondary N) is 1. The zero-order chi connectivity index (χ0) is 11.0. The predicted molar refractivity (Wildman–Crippen MR) is 56.7 cm³/mol. The molecule has 1 aromatic rings. The van der Waals surface area contributed by atoms with Crippen LogP contribution in [-0.2, 0) is 9.59 Å². The molecular formula is C9H11N3O2S. The van der Waals surface area contributed by atoms with Crippen molar-refractivity contribution >= 4 is 28.3 Å². The Labute approximate surface area is 91.1 Å². The van der Waals surface area contributed by atoms with Gasteiger partial charge in [-0.05, 0) is 6.92 Å². The van der Waals surface area contributed by atoms with Gasteiger partial charge in [0, 0.05) is 18.1 Å². The molecule has 1 aromatic heterocycles. The lowest BCUT2D eigenvalue weighted by Crippen LogP contribution is -2.31. The minimum atomic E-state index is -0.451. The molecule has 0 radical (unpaired) electrons. The Hall–Kier alpha value is -1.43. The maximum atomic E-state index is 11.5. The number of carbonyl (C=O) groups is 2. The fourth-order valence-corrected chi connectivity index (χ4v) is 2.16. The Morgan fingerprint density at radius 2 is 2.33 bits per heavy atom. The number of carbonyl (C=O) groups excluding carboxylic acids is 2. The lowest BCUT2D eigenvalue weighted by atomic mass is 10.2. The molecule has 1 fully saturated rings. The third-order valence-electron chi connectivity index (χ3n) is 2.30. The molecular weight excluding hydrogens is 214 g/mol. The summed E-state index contributed by atoms with van der Waals surface area (Å²) in [7, 11) is 1.50. The van der Waals surface area contributed by atoms with Crippen molar-refractivity contribution in [3.8, 4) is 0 Å². The van der Waals surface area contributed by atoms with E-state index in [9.17, 15) is 9.59 Å². The number of hydrogen-bond donors (Lipinski definition) is 1. The van der Waals surface area contributed by atoms with Crippen molar-refractivity contribution in [3.05, 3.63) is 11.1 Å². The Morgan fingerprint density at radius 3 is 2.80 bits per heavy atom. The van der Waals surface area contributed by atoms with Gasteiger partial charge in [-0.2, -0.15) is 0 Å². The van der Waals surface area contributed by atoms with Gasteiger partial charge >= 0.3 is 0 Å². The maximum absolute atomic E-state index is 11.5. The molecule has 2 rings (SSSR count). The third kappa shape index (κ3) is 1.85. The van der Waals surface area contributed by atoms with E-state index in [0.29, 0.717) is 5.13 Å². The molecule has 80 valence electrons. The zero-order valence-electron chi connectivity index (χ0n) is 8.48. The number of likely N-dealkylation sites (N-methyl/N-ethyl adjacent to an activating group) is 1. The molecule has 1 unspecified atom stereocenters. The van der Waals surface area contributed by atoms with E-state index in [0.717, 1.165) is 9.78 Å². The molecule has 1 atom stereocenters. The van der Waals surface area contributed by atoms with Crippen molar-refractivity contribution in [2.24, 2.45) is 0 Å². The number of amides is 2. The molecule has 6 heteroatoms. The molecule has 0 saturated carbocycles. The van der Waals surface area contributed by atoms with E-state index in [1.165, 1.54) is 18.4 Å². The lowest BCUT2D eigenvalue weighted by Gasteiger charge is -2.09. The number of aryl methyl sites for hydroxylation is 1. The highest BCUT2D eigenvalue weighted by molar-refractivity contribution is 7.15. The number of anilines is 1. The van der Waals surface area contributed by atoms with Gasteiger partial charge in [0.1, 0.15) is 6.04 Å². The van der Waals surface area contributed by atoms with Crippen LogP contribution in [0.1, 0.15) is 11.3 Å². The van der Waals surface area contributed by atoms with Crippen molar-refractivity contribution in [2.45, 2.75) is 19.4 Å². The number of hydrogen-bond acceptors (Lipinski definition) is 5. The van der Waals surface area contributed by atoms with Gasteiger partial charge in [0.15, 0.2) is 5.13 Å². The second-order valence-corrected chi connectivity index (χ2v) is 4.70. The van der Waals surface area contributed by atoms with Crippen LogP contribution in [0.25, 0.3) is 0 Å². The van der Waals surface area contributed by atoms with Crippen LogP contribution in [0.4, 0.5) is 5.13 Å². The van der Waals surface area contributed by atoms with E-state index in [1.54, 1.807) is 6.20 Å². The van der Waals surface area contributed by atoms with Crippen LogP contribution in [-0.4, -0.2) is 34.8 Å². The molecule has 1 N–H and O–H groups in total. The molecule has 15 heavy (non-hydrogen) atoms. The van der Waals surface area contributed by atoms with Crippen molar-refractivity contribution in [1.29, 1.82) is 0 Å². The fraction of sp³-hybridized carbons (Fsp3) is 0.444. The summed E-state index contributed by atoms with van der Waals surface area (Å²) in [6.45, 7) is 1.94. The highest BCUT2D eigenvalue weighted by atomic mass is 32.1. The SMILES string of the molecule is Cc1cnc(NC2CC(=O)N(C)C2=O)s1. The predicted octanol–water partition coefficient (Wildman–Crippen LogP) is 0.621. The third-order valence-corrected chi connectivity index (χ3v) is 3.14. The summed E-state index contributed by atoms with van der Waals surface area (Å²) in [5.74, 6) is -0.335. The van der Waals surface area contributed by atoms with E-state index in [-0.39, 0.29) is 18.2 Å². The first-order valence-corrected chi connectivity index (χ1v) is 5.39. The van der Waals surface area contributed by atoms with Crippen molar-refractivity contribution in [2.75, 3.05) is 12.4 Å². The maximum Gasteiger partial charge on any atom is 0.251 e. The Bertz CT molecular complexity index is 415. The van der Waals surface area contributed by atoms with E-state index >= 15 is 0 Å². The van der Waals surface area contributed by atoms with E-state index in [2.05, 4.69) is 10.3 Å². The number of rotatable bonds is 2. The van der Waals surface area contributed by atoms with Crippen LogP contribution < -0.4 is 5.32 Å². The number of imide groups is 1. The average molecular weight is 225 g/mol. The summed E-state index contributed by atoms with van der Waals surface area (Å²) in [6.07, 6.45) is 1.95. The Balaban J connectivity index is 2.08. The Morgan fingerprint density at radius 1 is 1.60 bits per heavy atom. The lowest BCUT2D eigenvalue weighted by molar-refractivity contribution is -0.136. The van der Waals surface area contributed by atoms with E-state index < -0.39 is 6.04 Å². The molecule has 1 saturated heterocycles. The Kier molecular flexibility index (Phi) is 2.44. The van der Waals surface area contributed by atoms with Crippen LogP contribution >= 0.6 is 11.3 Å². The number of thiazole rings is 1. The van der Waals surface area contributed by atoms with Gasteiger partial charge < -0.3 is 5.32 Å². The summed E-state index contributed by atoms with van der Waals surface area (Å²) in [4.78, 5) is 29.1. The topological polar surface area (TPSA) is 62.3 Å². The second kappa shape index (κ2) is 3.62. The largest absolute Gasteiger partial charge is 0.349 e. The van der Waals surface area contributed by atoms with Crippen LogP contribution in [0.2, 0.25) is 0 Å². The quantitative estimate of drug-likeness (QED) is 0.749. The fourth-order valence-electron chi connectivity index (χ4n) is 1.44. The number of aromatic nitrogens is 1. The molecule has 1 aliphatic rings. The van der Waals surface area contributed by atoms with Gasteiger partial charge in [-0.1, -0.05) is 0 Å². The second-order valence-electron chi connectivity index (χ2n) is 3.47. The van der Waals surface area contributed by atoms with Crippen LogP contribution in [0.5, 0.6) is 0 Å². The van der Waals surface area contributed by atoms with Gasteiger partial charge in [-0.3, -0.25) is 14.5 Å². The highest BCUT2D eigenvalue weighted by Gasteiger charge is 2.36. The highest BCUT2D eigenvalue weighted by Crippen LogP contribution is 2.21. The smallest absolute Gasteiger partial charge is 0.251 e. The molecule has 2 heterocycles. The van der Waals surface area contributed by atoms with Crippen LogP contribution in [0.3, 0.4) is 0 Å². The average Bonchev–Trinajstić information content (AvgIpc) is 2.68. The van der Waals surface area contributed by atoms with Crippen molar-refractivity contribution in [3.63, 3.8) is 0 Å². The standard InChI is InChI=1S/C9H11N3O2S/c1-5-4-10-9(15-5)11-6-3-7(13)12(2)8(6)14/h4,6H,3H2,1-2H3,(H,10,11). The molecule has 0 bridgehead atoms. The summed E-state index contributed by atoms with van der Waals surface area (Å²) < 4.78 is 0. The van der Waals surface area contributed by atoms with Gasteiger partial charge in [0.25, 0.3) is 5.91 Å². The molecule has 0 aliphatic carbocycles. The first kappa shape index (κ1) is 10.1. The van der Waals surface area contributed by atoms with E-state index in [1.807, 2.05) is 6.92 Å². The monoisotopic (exact) mass is 225 g/mol. The van der Waals surface area contributed by atoms with Crippen LogP contribution in [0.15, 0.2) is 6.20 Å². The summed E-state index contributed by atoms with van der Waals surface area (Å²) in [5.41, 5.74) is 0. The summed E-state index contributed by atoms with van der Waals surface area (Å²) in [5, 5.41) is 3.66. The van der Waals surface area contributed by atoms with Gasteiger partial charge in [0.05, 0.1) is 6.42 Å². The molecule has 0 aromatic carbocycles. The van der Waals surface area contributed by atoms with Gasteiger partial charge in [0.2, 0.25) is 5.91 Å². The first-order chi connectivity index (χ1) is 7.08. The minimum Gasteiger partial charge on any atom is -0.349 e.